The van der Waals surface area contributed by atoms with E-state index in [1.54, 1.807) is 4.90 Å². The third-order valence-electron chi connectivity index (χ3n) is 5.01. The van der Waals surface area contributed by atoms with Gasteiger partial charge in [0.05, 0.1) is 5.92 Å². The standard InChI is InChI=1S/C18H25N3O3/c22-17(23)15-5-4-9-21(13-15)18(24)19-11-14-8-10-20(12-14)16-6-2-1-3-7-16/h1-3,6-7,14-15H,4-5,8-13H2,(H,19,24)(H,22,23). The van der Waals surface area contributed by atoms with Crippen molar-refractivity contribution in [2.45, 2.75) is 19.3 Å². The average Bonchev–Trinajstić information content (AvgIpc) is 3.09. The molecule has 6 heteroatoms. The lowest BCUT2D eigenvalue weighted by atomic mass is 9.99. The molecule has 3 rings (SSSR count). The Morgan fingerprint density at radius 2 is 1.92 bits per heavy atom. The van der Waals surface area contributed by atoms with Crippen LogP contribution >= 0.6 is 0 Å². The molecule has 1 aromatic carbocycles. The summed E-state index contributed by atoms with van der Waals surface area (Å²) in [6.45, 7) is 3.58. The second-order valence-electron chi connectivity index (χ2n) is 6.75. The highest BCUT2D eigenvalue weighted by atomic mass is 16.4. The molecule has 1 aromatic rings. The van der Waals surface area contributed by atoms with E-state index in [2.05, 4.69) is 22.3 Å². The summed E-state index contributed by atoms with van der Waals surface area (Å²) in [5.74, 6) is -0.791. The molecule has 2 atom stereocenters. The molecular formula is C18H25N3O3. The van der Waals surface area contributed by atoms with Crippen LogP contribution < -0.4 is 10.2 Å². The Labute approximate surface area is 142 Å². The first-order chi connectivity index (χ1) is 11.6. The number of carboxylic acid groups (broad SMARTS) is 1. The Morgan fingerprint density at radius 3 is 2.67 bits per heavy atom. The number of para-hydroxylation sites is 1. The number of benzene rings is 1. The summed E-state index contributed by atoms with van der Waals surface area (Å²) in [5.41, 5.74) is 1.23. The normalized spacial score (nSPS) is 24.0. The lowest BCUT2D eigenvalue weighted by molar-refractivity contribution is -0.143. The SMILES string of the molecule is O=C(O)C1CCCN(C(=O)NCC2CCN(c3ccccc3)C2)C1. The van der Waals surface area contributed by atoms with Crippen LogP contribution in [0.1, 0.15) is 19.3 Å². The fourth-order valence-corrected chi connectivity index (χ4v) is 3.58. The van der Waals surface area contributed by atoms with Crippen LogP contribution in [-0.2, 0) is 4.79 Å². The molecule has 0 bridgehead atoms. The summed E-state index contributed by atoms with van der Waals surface area (Å²) in [6.07, 6.45) is 2.48. The Morgan fingerprint density at radius 1 is 1.12 bits per heavy atom. The summed E-state index contributed by atoms with van der Waals surface area (Å²) < 4.78 is 0. The van der Waals surface area contributed by atoms with Crippen LogP contribution in [0.15, 0.2) is 30.3 Å². The number of amides is 2. The number of likely N-dealkylation sites (tertiary alicyclic amines) is 1. The summed E-state index contributed by atoms with van der Waals surface area (Å²) in [4.78, 5) is 27.4. The highest BCUT2D eigenvalue weighted by Gasteiger charge is 2.29. The fraction of sp³-hybridized carbons (Fsp3) is 0.556. The van der Waals surface area contributed by atoms with Crippen LogP contribution in [-0.4, -0.2) is 54.7 Å². The predicted molar refractivity (Wildman–Crippen MR) is 92.1 cm³/mol. The summed E-state index contributed by atoms with van der Waals surface area (Å²) >= 11 is 0. The summed E-state index contributed by atoms with van der Waals surface area (Å²) in [6, 6.07) is 10.2. The van der Waals surface area contributed by atoms with E-state index in [9.17, 15) is 9.59 Å². The fourth-order valence-electron chi connectivity index (χ4n) is 3.58. The van der Waals surface area contributed by atoms with Gasteiger partial charge in [0.2, 0.25) is 0 Å². The molecule has 0 saturated carbocycles. The van der Waals surface area contributed by atoms with E-state index in [4.69, 9.17) is 5.11 Å². The Bertz CT molecular complexity index is 578. The largest absolute Gasteiger partial charge is 0.481 e. The van der Waals surface area contributed by atoms with Gasteiger partial charge in [0.15, 0.2) is 0 Å². The van der Waals surface area contributed by atoms with E-state index < -0.39 is 11.9 Å². The predicted octanol–water partition coefficient (Wildman–Crippen LogP) is 2.02. The number of nitrogens with one attached hydrogen (secondary N) is 1. The van der Waals surface area contributed by atoms with Crippen molar-refractivity contribution in [3.63, 3.8) is 0 Å². The van der Waals surface area contributed by atoms with Crippen molar-refractivity contribution in [1.29, 1.82) is 0 Å². The van der Waals surface area contributed by atoms with Gasteiger partial charge in [-0.25, -0.2) is 4.79 Å². The number of hydrogen-bond acceptors (Lipinski definition) is 3. The van der Waals surface area contributed by atoms with Gasteiger partial charge in [-0.2, -0.15) is 0 Å². The van der Waals surface area contributed by atoms with Crippen molar-refractivity contribution < 1.29 is 14.7 Å². The van der Waals surface area contributed by atoms with Crippen LogP contribution in [0.4, 0.5) is 10.5 Å². The molecule has 2 N–H and O–H groups in total. The second kappa shape index (κ2) is 7.55. The highest BCUT2D eigenvalue weighted by Crippen LogP contribution is 2.23. The van der Waals surface area contributed by atoms with Gasteiger partial charge in [-0.15, -0.1) is 0 Å². The number of carbonyl (C=O) groups is 2. The maximum absolute atomic E-state index is 12.3. The number of carbonyl (C=O) groups excluding carboxylic acids is 1. The van der Waals surface area contributed by atoms with E-state index in [1.165, 1.54) is 5.69 Å². The Hall–Kier alpha value is -2.24. The molecule has 2 aliphatic rings. The lowest BCUT2D eigenvalue weighted by Gasteiger charge is -2.31. The zero-order chi connectivity index (χ0) is 16.9. The van der Waals surface area contributed by atoms with Crippen molar-refractivity contribution in [3.05, 3.63) is 30.3 Å². The number of aliphatic carboxylic acids is 1. The third-order valence-corrected chi connectivity index (χ3v) is 5.01. The van der Waals surface area contributed by atoms with Crippen molar-refractivity contribution in [1.82, 2.24) is 10.2 Å². The van der Waals surface area contributed by atoms with Gasteiger partial charge < -0.3 is 20.2 Å². The van der Waals surface area contributed by atoms with E-state index in [-0.39, 0.29) is 6.03 Å². The van der Waals surface area contributed by atoms with Gasteiger partial charge in [-0.05, 0) is 37.3 Å². The molecule has 24 heavy (non-hydrogen) atoms. The molecule has 6 nitrogen and oxygen atoms in total. The van der Waals surface area contributed by atoms with Crippen molar-refractivity contribution >= 4 is 17.7 Å². The van der Waals surface area contributed by atoms with Gasteiger partial charge in [-0.3, -0.25) is 4.79 Å². The monoisotopic (exact) mass is 331 g/mol. The summed E-state index contributed by atoms with van der Waals surface area (Å²) in [7, 11) is 0. The molecule has 0 aliphatic carbocycles. The van der Waals surface area contributed by atoms with Gasteiger partial charge in [0.1, 0.15) is 0 Å². The first-order valence-electron chi connectivity index (χ1n) is 8.69. The molecule has 2 amide bonds. The molecule has 0 aromatic heterocycles. The molecule has 2 heterocycles. The maximum atomic E-state index is 12.3. The van der Waals surface area contributed by atoms with Crippen LogP contribution in [0.5, 0.6) is 0 Å². The van der Waals surface area contributed by atoms with E-state index in [0.717, 1.165) is 25.9 Å². The third kappa shape index (κ3) is 3.99. The molecular weight excluding hydrogens is 306 g/mol. The Kier molecular flexibility index (Phi) is 5.23. The molecule has 2 aliphatic heterocycles. The van der Waals surface area contributed by atoms with E-state index >= 15 is 0 Å². The van der Waals surface area contributed by atoms with Gasteiger partial charge in [-0.1, -0.05) is 18.2 Å². The number of piperidine rings is 1. The number of anilines is 1. The lowest BCUT2D eigenvalue weighted by Crippen LogP contribution is -2.48. The van der Waals surface area contributed by atoms with Crippen LogP contribution in [0.25, 0.3) is 0 Å². The number of rotatable bonds is 4. The smallest absolute Gasteiger partial charge is 0.317 e. The van der Waals surface area contributed by atoms with Crippen molar-refractivity contribution in [3.8, 4) is 0 Å². The van der Waals surface area contributed by atoms with Gasteiger partial charge in [0, 0.05) is 38.4 Å². The van der Waals surface area contributed by atoms with Gasteiger partial charge in [0.25, 0.3) is 0 Å². The van der Waals surface area contributed by atoms with Gasteiger partial charge >= 0.3 is 12.0 Å². The number of nitrogens with zero attached hydrogens (tertiary/aromatic N) is 2. The zero-order valence-electron chi connectivity index (χ0n) is 13.9. The summed E-state index contributed by atoms with van der Waals surface area (Å²) in [5, 5.41) is 12.1. The molecule has 2 fully saturated rings. The van der Waals surface area contributed by atoms with Crippen molar-refractivity contribution in [2.75, 3.05) is 37.6 Å². The minimum atomic E-state index is -0.804. The molecule has 0 spiro atoms. The number of urea groups is 1. The van der Waals surface area contributed by atoms with Crippen LogP contribution in [0.2, 0.25) is 0 Å². The van der Waals surface area contributed by atoms with Crippen molar-refractivity contribution in [2.24, 2.45) is 11.8 Å². The second-order valence-corrected chi connectivity index (χ2v) is 6.75. The first-order valence-corrected chi connectivity index (χ1v) is 8.69. The van der Waals surface area contributed by atoms with Crippen LogP contribution in [0, 0.1) is 11.8 Å². The molecule has 2 saturated heterocycles. The number of carboxylic acids is 1. The minimum Gasteiger partial charge on any atom is -0.481 e. The molecule has 2 unspecified atom stereocenters. The molecule has 0 radical (unpaired) electrons. The zero-order valence-corrected chi connectivity index (χ0v) is 13.9. The van der Waals surface area contributed by atoms with Crippen LogP contribution in [0.3, 0.4) is 0 Å². The highest BCUT2D eigenvalue weighted by molar-refractivity contribution is 5.76. The number of hydrogen-bond donors (Lipinski definition) is 2. The molecule has 130 valence electrons. The van der Waals surface area contributed by atoms with E-state index in [1.807, 2.05) is 18.2 Å². The average molecular weight is 331 g/mol. The topological polar surface area (TPSA) is 72.9 Å². The maximum Gasteiger partial charge on any atom is 0.317 e. The quantitative estimate of drug-likeness (QED) is 0.885. The Balaban J connectivity index is 1.44. The minimum absolute atomic E-state index is 0.126. The first kappa shape index (κ1) is 16.6. The van der Waals surface area contributed by atoms with E-state index in [0.29, 0.717) is 32.0 Å².